The van der Waals surface area contributed by atoms with Crippen molar-refractivity contribution in [3.63, 3.8) is 0 Å². The monoisotopic (exact) mass is 367 g/mol. The Balaban J connectivity index is 1.72. The molecule has 0 saturated carbocycles. The molecule has 3 rings (SSSR count). The van der Waals surface area contributed by atoms with Crippen molar-refractivity contribution < 1.29 is 14.1 Å². The van der Waals surface area contributed by atoms with Gasteiger partial charge in [-0.2, -0.15) is 10.2 Å². The first-order valence-electron chi connectivity index (χ1n) is 7.85. The zero-order valence-corrected chi connectivity index (χ0v) is 14.1. The van der Waals surface area contributed by atoms with E-state index in [9.17, 15) is 19.3 Å². The van der Waals surface area contributed by atoms with E-state index in [1.54, 1.807) is 25.1 Å². The number of benzene rings is 2. The molecule has 0 saturated heterocycles. The molecule has 9 heteroatoms. The normalized spacial score (nSPS) is 11.3. The van der Waals surface area contributed by atoms with E-state index in [2.05, 4.69) is 20.7 Å². The first-order chi connectivity index (χ1) is 12.9. The molecule has 0 radical (unpaired) electrons. The van der Waals surface area contributed by atoms with E-state index in [0.717, 1.165) is 0 Å². The number of carbonyl (C=O) groups excluding carboxylic acids is 1. The lowest BCUT2D eigenvalue weighted by Gasteiger charge is -2.02. The first kappa shape index (κ1) is 17.9. The first-order valence-corrected chi connectivity index (χ1v) is 7.85. The summed E-state index contributed by atoms with van der Waals surface area (Å²) in [5, 5.41) is 21.4. The minimum Gasteiger partial charge on any atom is -0.272 e. The van der Waals surface area contributed by atoms with Crippen LogP contribution in [-0.2, 0) is 0 Å². The number of nitro benzene ring substituents is 1. The van der Waals surface area contributed by atoms with Crippen LogP contribution in [0, 0.1) is 15.9 Å². The Morgan fingerprint density at radius 2 is 1.96 bits per heavy atom. The second-order valence-electron chi connectivity index (χ2n) is 5.62. The van der Waals surface area contributed by atoms with E-state index in [-0.39, 0.29) is 17.2 Å². The van der Waals surface area contributed by atoms with Gasteiger partial charge < -0.3 is 0 Å². The molecule has 136 valence electrons. The molecule has 3 aromatic rings. The van der Waals surface area contributed by atoms with Crippen LogP contribution >= 0.6 is 0 Å². The Bertz CT molecular complexity index is 1030. The highest BCUT2D eigenvalue weighted by atomic mass is 19.1. The second-order valence-corrected chi connectivity index (χ2v) is 5.62. The van der Waals surface area contributed by atoms with Crippen molar-refractivity contribution in [1.82, 2.24) is 15.6 Å². The van der Waals surface area contributed by atoms with Gasteiger partial charge in [0.1, 0.15) is 11.5 Å². The van der Waals surface area contributed by atoms with Gasteiger partial charge in [0, 0.05) is 23.3 Å². The minimum absolute atomic E-state index is 0.0640. The molecule has 1 aromatic heterocycles. The average Bonchev–Trinajstić information content (AvgIpc) is 3.16. The highest BCUT2D eigenvalue weighted by molar-refractivity contribution is 6.01. The summed E-state index contributed by atoms with van der Waals surface area (Å²) in [6, 6.07) is 13.2. The van der Waals surface area contributed by atoms with E-state index in [4.69, 9.17) is 0 Å². The summed E-state index contributed by atoms with van der Waals surface area (Å²) in [6.45, 7) is 1.62. The van der Waals surface area contributed by atoms with Gasteiger partial charge in [0.25, 0.3) is 11.6 Å². The summed E-state index contributed by atoms with van der Waals surface area (Å²) in [5.41, 5.74) is 4.54. The van der Waals surface area contributed by atoms with Gasteiger partial charge in [-0.05, 0) is 37.3 Å². The Kier molecular flexibility index (Phi) is 5.02. The Labute approximate surface area is 152 Å². The van der Waals surface area contributed by atoms with Gasteiger partial charge in [-0.25, -0.2) is 9.82 Å². The fourth-order valence-corrected chi connectivity index (χ4v) is 2.31. The van der Waals surface area contributed by atoms with Gasteiger partial charge in [0.05, 0.1) is 16.3 Å². The lowest BCUT2D eigenvalue weighted by atomic mass is 10.1. The van der Waals surface area contributed by atoms with Crippen molar-refractivity contribution in [1.29, 1.82) is 0 Å². The van der Waals surface area contributed by atoms with Crippen LogP contribution in [0.15, 0.2) is 59.7 Å². The number of amides is 1. The SMILES string of the molecule is CC(=NNC(=O)c1cc(-c2ccc(F)cc2)n[nH]1)c1cccc([N+](=O)[O-])c1. The summed E-state index contributed by atoms with van der Waals surface area (Å²) in [5.74, 6) is -0.890. The number of nitrogens with one attached hydrogen (secondary N) is 2. The molecule has 0 spiro atoms. The van der Waals surface area contributed by atoms with Crippen molar-refractivity contribution in [2.24, 2.45) is 5.10 Å². The van der Waals surface area contributed by atoms with Crippen molar-refractivity contribution in [3.8, 4) is 11.3 Å². The number of aromatic nitrogens is 2. The minimum atomic E-state index is -0.527. The molecule has 0 atom stereocenters. The number of aromatic amines is 1. The van der Waals surface area contributed by atoms with Crippen LogP contribution in [0.25, 0.3) is 11.3 Å². The molecular weight excluding hydrogens is 353 g/mol. The van der Waals surface area contributed by atoms with E-state index < -0.39 is 10.8 Å². The lowest BCUT2D eigenvalue weighted by Crippen LogP contribution is -2.19. The molecule has 0 bridgehead atoms. The van der Waals surface area contributed by atoms with Crippen LogP contribution in [0.3, 0.4) is 0 Å². The summed E-state index contributed by atoms with van der Waals surface area (Å²) in [4.78, 5) is 22.5. The van der Waals surface area contributed by atoms with Crippen LogP contribution in [0.5, 0.6) is 0 Å². The number of nitrogens with zero attached hydrogens (tertiary/aromatic N) is 3. The number of halogens is 1. The van der Waals surface area contributed by atoms with Crippen molar-refractivity contribution >= 4 is 17.3 Å². The number of non-ortho nitro benzene ring substituents is 1. The summed E-state index contributed by atoms with van der Waals surface area (Å²) in [6.07, 6.45) is 0. The van der Waals surface area contributed by atoms with Crippen LogP contribution < -0.4 is 5.43 Å². The zero-order valence-electron chi connectivity index (χ0n) is 14.1. The summed E-state index contributed by atoms with van der Waals surface area (Å²) < 4.78 is 13.0. The number of hydrazone groups is 1. The van der Waals surface area contributed by atoms with E-state index in [1.807, 2.05) is 0 Å². The highest BCUT2D eigenvalue weighted by Crippen LogP contribution is 2.18. The molecule has 0 fully saturated rings. The standard InChI is InChI=1S/C18H14FN5O3/c1-11(13-3-2-4-15(9-13)24(26)27)20-23-18(25)17-10-16(21-22-17)12-5-7-14(19)8-6-12/h2-10H,1H3,(H,21,22)(H,23,25). The Hall–Kier alpha value is -3.88. The zero-order chi connectivity index (χ0) is 19.4. The van der Waals surface area contributed by atoms with Crippen molar-refractivity contribution in [2.75, 3.05) is 0 Å². The molecule has 0 aliphatic heterocycles. The van der Waals surface area contributed by atoms with E-state index in [1.165, 1.54) is 36.4 Å². The topological polar surface area (TPSA) is 113 Å². The fraction of sp³-hybridized carbons (Fsp3) is 0.0556. The lowest BCUT2D eigenvalue weighted by molar-refractivity contribution is -0.384. The molecule has 1 amide bonds. The van der Waals surface area contributed by atoms with Gasteiger partial charge in [-0.15, -0.1) is 0 Å². The predicted molar refractivity (Wildman–Crippen MR) is 96.8 cm³/mol. The maximum absolute atomic E-state index is 13.0. The largest absolute Gasteiger partial charge is 0.289 e. The molecule has 0 aliphatic carbocycles. The van der Waals surface area contributed by atoms with E-state index in [0.29, 0.717) is 22.5 Å². The van der Waals surface area contributed by atoms with Crippen LogP contribution in [0.4, 0.5) is 10.1 Å². The molecule has 0 unspecified atom stereocenters. The van der Waals surface area contributed by atoms with Crippen molar-refractivity contribution in [3.05, 3.63) is 81.8 Å². The van der Waals surface area contributed by atoms with Crippen molar-refractivity contribution in [2.45, 2.75) is 6.92 Å². The number of hydrogen-bond acceptors (Lipinski definition) is 5. The van der Waals surface area contributed by atoms with Crippen LogP contribution in [-0.4, -0.2) is 26.7 Å². The number of nitro groups is 1. The van der Waals surface area contributed by atoms with Gasteiger partial charge in [0.2, 0.25) is 0 Å². The molecule has 2 N–H and O–H groups in total. The molecule has 1 heterocycles. The number of carbonyl (C=O) groups is 1. The fourth-order valence-electron chi connectivity index (χ4n) is 2.31. The Morgan fingerprint density at radius 1 is 1.22 bits per heavy atom. The molecule has 8 nitrogen and oxygen atoms in total. The second kappa shape index (κ2) is 7.56. The average molecular weight is 367 g/mol. The predicted octanol–water partition coefficient (Wildman–Crippen LogP) is 3.28. The maximum Gasteiger partial charge on any atom is 0.289 e. The molecule has 0 aliphatic rings. The number of hydrogen-bond donors (Lipinski definition) is 2. The van der Waals surface area contributed by atoms with Gasteiger partial charge in [0.15, 0.2) is 0 Å². The number of rotatable bonds is 5. The smallest absolute Gasteiger partial charge is 0.272 e. The third-order valence-electron chi connectivity index (χ3n) is 3.76. The van der Waals surface area contributed by atoms with Gasteiger partial charge >= 0.3 is 0 Å². The van der Waals surface area contributed by atoms with Crippen LogP contribution in [0.2, 0.25) is 0 Å². The van der Waals surface area contributed by atoms with Crippen LogP contribution in [0.1, 0.15) is 23.0 Å². The molecule has 27 heavy (non-hydrogen) atoms. The third-order valence-corrected chi connectivity index (χ3v) is 3.76. The number of H-pyrrole nitrogens is 1. The quantitative estimate of drug-likeness (QED) is 0.409. The van der Waals surface area contributed by atoms with Gasteiger partial charge in [-0.3, -0.25) is 20.0 Å². The van der Waals surface area contributed by atoms with Gasteiger partial charge in [-0.1, -0.05) is 12.1 Å². The summed E-state index contributed by atoms with van der Waals surface area (Å²) in [7, 11) is 0. The highest BCUT2D eigenvalue weighted by Gasteiger charge is 2.12. The van der Waals surface area contributed by atoms with E-state index >= 15 is 0 Å². The molecular formula is C18H14FN5O3. The third kappa shape index (κ3) is 4.21. The Morgan fingerprint density at radius 3 is 2.67 bits per heavy atom. The summed E-state index contributed by atoms with van der Waals surface area (Å²) >= 11 is 0. The maximum atomic E-state index is 13.0. The molecule has 2 aromatic carbocycles.